The average molecular weight is 456 g/mol. The molecule has 0 bridgehead atoms. The highest BCUT2D eigenvalue weighted by Crippen LogP contribution is 2.22. The zero-order valence-electron chi connectivity index (χ0n) is 17.7. The Bertz CT molecular complexity index is 1080. The van der Waals surface area contributed by atoms with E-state index in [4.69, 9.17) is 9.47 Å². The number of hydrogen-bond acceptors (Lipinski definition) is 7. The predicted octanol–water partition coefficient (Wildman–Crippen LogP) is 3.51. The molecular weight excluding hydrogens is 430 g/mol. The van der Waals surface area contributed by atoms with Crippen molar-refractivity contribution in [3.05, 3.63) is 96.6 Å². The Morgan fingerprint density at radius 1 is 1.03 bits per heavy atom. The van der Waals surface area contributed by atoms with E-state index in [0.29, 0.717) is 13.1 Å². The van der Waals surface area contributed by atoms with Gasteiger partial charge in [0.25, 0.3) is 0 Å². The van der Waals surface area contributed by atoms with Gasteiger partial charge in [-0.3, -0.25) is 0 Å². The fourth-order valence-electron chi connectivity index (χ4n) is 2.55. The van der Waals surface area contributed by atoms with Gasteiger partial charge in [0.1, 0.15) is 12.4 Å². The number of ether oxygens (including phenoxy) is 2. The Balaban J connectivity index is 2.27. The summed E-state index contributed by atoms with van der Waals surface area (Å²) >= 11 is 0. The summed E-state index contributed by atoms with van der Waals surface area (Å²) in [7, 11) is -4.12. The maximum atomic E-state index is 13.1. The molecule has 168 valence electrons. The molecule has 32 heavy (non-hydrogen) atoms. The number of hydrogen-bond donors (Lipinski definition) is 0. The number of para-hydroxylation sites is 1. The molecule has 0 N–H and O–H groups in total. The summed E-state index contributed by atoms with van der Waals surface area (Å²) < 4.78 is 36.4. The first-order valence-corrected chi connectivity index (χ1v) is 11.4. The quantitative estimate of drug-likeness (QED) is 0.222. The molecule has 2 aromatic rings. The van der Waals surface area contributed by atoms with Crippen LogP contribution in [0.2, 0.25) is 0 Å². The van der Waals surface area contributed by atoms with Crippen LogP contribution in [0.15, 0.2) is 101 Å². The van der Waals surface area contributed by atoms with E-state index in [-0.39, 0.29) is 17.3 Å². The molecular formula is C24H25NO6S. The molecule has 7 nitrogen and oxygen atoms in total. The van der Waals surface area contributed by atoms with Gasteiger partial charge in [-0.05, 0) is 49.5 Å². The highest BCUT2D eigenvalue weighted by Gasteiger charge is 2.28. The molecule has 0 fully saturated rings. The van der Waals surface area contributed by atoms with Crippen molar-refractivity contribution in [1.29, 1.82) is 0 Å². The first-order valence-electron chi connectivity index (χ1n) is 9.87. The summed E-state index contributed by atoms with van der Waals surface area (Å²) in [6.45, 7) is 6.31. The lowest BCUT2D eigenvalue weighted by Gasteiger charge is -2.17. The number of allylic oxidation sites excluding steroid dienone is 2. The van der Waals surface area contributed by atoms with E-state index in [1.165, 1.54) is 24.3 Å². The Morgan fingerprint density at radius 2 is 1.66 bits per heavy atom. The van der Waals surface area contributed by atoms with Crippen LogP contribution in [0.1, 0.15) is 6.92 Å². The molecule has 0 aliphatic rings. The fraction of sp³-hybridized carbons (Fsp3) is 0.167. The third-order valence-corrected chi connectivity index (χ3v) is 6.01. The van der Waals surface area contributed by atoms with E-state index >= 15 is 0 Å². The second-order valence-electron chi connectivity index (χ2n) is 6.39. The Kier molecular flexibility index (Phi) is 9.43. The van der Waals surface area contributed by atoms with Crippen LogP contribution in [0.5, 0.6) is 5.75 Å². The van der Waals surface area contributed by atoms with Crippen LogP contribution in [-0.2, 0) is 24.2 Å². The van der Waals surface area contributed by atoms with E-state index in [1.807, 2.05) is 6.92 Å². The van der Waals surface area contributed by atoms with Crippen LogP contribution < -0.4 is 4.74 Å². The standard InChI is InChI=1S/C24H25NO6S/c1-3-23(26)30-19-18-25(4-2)17-11-16-22(24(27)31-20-12-7-5-8-13-20)32(28,29)21-14-9-6-10-15-21/h3,5-17H,1,4,18-19H2,2H3/b17-11+,22-16-. The monoisotopic (exact) mass is 455 g/mol. The largest absolute Gasteiger partial charge is 0.461 e. The first kappa shape index (κ1) is 24.6. The topological polar surface area (TPSA) is 90.0 Å². The molecule has 0 amide bonds. The van der Waals surface area contributed by atoms with Crippen molar-refractivity contribution in [3.63, 3.8) is 0 Å². The minimum absolute atomic E-state index is 0.0200. The van der Waals surface area contributed by atoms with Gasteiger partial charge < -0.3 is 14.4 Å². The number of nitrogens with zero attached hydrogens (tertiary/aromatic N) is 1. The maximum absolute atomic E-state index is 13.1. The van der Waals surface area contributed by atoms with Crippen LogP contribution in [0.25, 0.3) is 0 Å². The number of carbonyl (C=O) groups is 2. The van der Waals surface area contributed by atoms with Gasteiger partial charge >= 0.3 is 11.9 Å². The van der Waals surface area contributed by atoms with Gasteiger partial charge in [-0.1, -0.05) is 43.0 Å². The third kappa shape index (κ3) is 7.24. The summed E-state index contributed by atoms with van der Waals surface area (Å²) in [6, 6.07) is 15.9. The molecule has 0 heterocycles. The SMILES string of the molecule is C=CC(=O)OCCN(/C=C/C=C(/C(=O)Oc1ccccc1)S(=O)(=O)c1ccccc1)CC. The fourth-order valence-corrected chi connectivity index (χ4v) is 3.84. The summed E-state index contributed by atoms with van der Waals surface area (Å²) in [4.78, 5) is 25.2. The summed E-state index contributed by atoms with van der Waals surface area (Å²) in [5.74, 6) is -1.28. The first-order chi connectivity index (χ1) is 15.4. The predicted molar refractivity (Wildman–Crippen MR) is 121 cm³/mol. The van der Waals surface area contributed by atoms with E-state index in [1.54, 1.807) is 59.6 Å². The van der Waals surface area contributed by atoms with Gasteiger partial charge in [0.2, 0.25) is 9.84 Å². The number of benzene rings is 2. The molecule has 0 saturated carbocycles. The van der Waals surface area contributed by atoms with Gasteiger partial charge in [0.15, 0.2) is 4.91 Å². The van der Waals surface area contributed by atoms with E-state index in [0.717, 1.165) is 6.08 Å². The van der Waals surface area contributed by atoms with E-state index in [2.05, 4.69) is 6.58 Å². The van der Waals surface area contributed by atoms with Crippen molar-refractivity contribution < 1.29 is 27.5 Å². The van der Waals surface area contributed by atoms with Gasteiger partial charge in [-0.2, -0.15) is 0 Å². The molecule has 0 saturated heterocycles. The molecule has 8 heteroatoms. The summed E-state index contributed by atoms with van der Waals surface area (Å²) in [5.41, 5.74) is 0. The van der Waals surface area contributed by atoms with Crippen molar-refractivity contribution in [3.8, 4) is 5.75 Å². The number of likely N-dealkylation sites (N-methyl/N-ethyl adjacent to an activating group) is 1. The van der Waals surface area contributed by atoms with Crippen molar-refractivity contribution in [1.82, 2.24) is 4.90 Å². The third-order valence-electron chi connectivity index (χ3n) is 4.24. The van der Waals surface area contributed by atoms with Crippen molar-refractivity contribution in [2.75, 3.05) is 19.7 Å². The lowest BCUT2D eigenvalue weighted by molar-refractivity contribution is -0.138. The minimum Gasteiger partial charge on any atom is -0.461 e. The molecule has 0 atom stereocenters. The molecule has 0 aliphatic carbocycles. The normalized spacial score (nSPS) is 11.7. The molecule has 0 aromatic heterocycles. The van der Waals surface area contributed by atoms with Crippen LogP contribution >= 0.6 is 0 Å². The highest BCUT2D eigenvalue weighted by atomic mass is 32.2. The van der Waals surface area contributed by atoms with Crippen molar-refractivity contribution in [2.45, 2.75) is 11.8 Å². The second kappa shape index (κ2) is 12.3. The van der Waals surface area contributed by atoms with Crippen molar-refractivity contribution >= 4 is 21.8 Å². The van der Waals surface area contributed by atoms with Crippen LogP contribution in [0.3, 0.4) is 0 Å². The second-order valence-corrected chi connectivity index (χ2v) is 8.31. The van der Waals surface area contributed by atoms with E-state index in [9.17, 15) is 18.0 Å². The number of rotatable bonds is 11. The van der Waals surface area contributed by atoms with Gasteiger partial charge in [-0.25, -0.2) is 18.0 Å². The van der Waals surface area contributed by atoms with Crippen LogP contribution in [0, 0.1) is 0 Å². The molecule has 0 aliphatic heterocycles. The highest BCUT2D eigenvalue weighted by molar-refractivity contribution is 7.96. The Morgan fingerprint density at radius 3 is 2.25 bits per heavy atom. The lowest BCUT2D eigenvalue weighted by atomic mass is 10.3. The zero-order chi connectivity index (χ0) is 23.4. The van der Waals surface area contributed by atoms with Crippen molar-refractivity contribution in [2.24, 2.45) is 0 Å². The summed E-state index contributed by atoms with van der Waals surface area (Å²) in [6.07, 6.45) is 5.33. The number of carbonyl (C=O) groups excluding carboxylic acids is 2. The average Bonchev–Trinajstić information content (AvgIpc) is 2.81. The van der Waals surface area contributed by atoms with Crippen LogP contribution in [-0.4, -0.2) is 45.0 Å². The van der Waals surface area contributed by atoms with Crippen LogP contribution in [0.4, 0.5) is 0 Å². The maximum Gasteiger partial charge on any atom is 0.355 e. The van der Waals surface area contributed by atoms with Gasteiger partial charge in [-0.15, -0.1) is 0 Å². The lowest BCUT2D eigenvalue weighted by Crippen LogP contribution is -2.23. The smallest absolute Gasteiger partial charge is 0.355 e. The molecule has 2 aromatic carbocycles. The molecule has 2 rings (SSSR count). The molecule has 0 unspecified atom stereocenters. The zero-order valence-corrected chi connectivity index (χ0v) is 18.5. The number of sulfone groups is 1. The molecule has 0 spiro atoms. The van der Waals surface area contributed by atoms with Gasteiger partial charge in [0, 0.05) is 12.6 Å². The minimum atomic E-state index is -4.12. The number of esters is 2. The summed E-state index contributed by atoms with van der Waals surface area (Å²) in [5, 5.41) is 0. The van der Waals surface area contributed by atoms with Gasteiger partial charge in [0.05, 0.1) is 11.4 Å². The molecule has 0 radical (unpaired) electrons. The van der Waals surface area contributed by atoms with E-state index < -0.39 is 26.7 Å². The Hall–Kier alpha value is -3.65. The Labute approximate surface area is 188 Å².